The number of carbonyl (C=O) groups is 1. The Labute approximate surface area is 197 Å². The van der Waals surface area contributed by atoms with Crippen LogP contribution in [0.2, 0.25) is 15.2 Å². The molecule has 0 saturated heterocycles. The zero-order chi connectivity index (χ0) is 22.2. The Morgan fingerprint density at radius 2 is 1.88 bits per heavy atom. The van der Waals surface area contributed by atoms with Crippen LogP contribution < -0.4 is 0 Å². The maximum absolute atomic E-state index is 13.4. The fourth-order valence-electron chi connectivity index (χ4n) is 3.50. The van der Waals surface area contributed by atoms with Crippen LogP contribution in [0.25, 0.3) is 22.5 Å². The molecule has 0 spiro atoms. The third-order valence-corrected chi connectivity index (χ3v) is 5.99. The molecule has 0 aliphatic carbocycles. The van der Waals surface area contributed by atoms with Crippen molar-refractivity contribution in [1.29, 1.82) is 0 Å². The zero-order valence-electron chi connectivity index (χ0n) is 16.3. The molecular weight excluding hydrogens is 471 g/mol. The topological polar surface area (TPSA) is 73.8 Å². The Morgan fingerprint density at radius 1 is 1.03 bits per heavy atom. The van der Waals surface area contributed by atoms with E-state index in [1.807, 2.05) is 34.9 Å². The van der Waals surface area contributed by atoms with Gasteiger partial charge in [-0.2, -0.15) is 0 Å². The van der Waals surface area contributed by atoms with Crippen molar-refractivity contribution in [2.75, 3.05) is 0 Å². The van der Waals surface area contributed by atoms with Crippen molar-refractivity contribution < 1.29 is 9.21 Å². The van der Waals surface area contributed by atoms with Gasteiger partial charge >= 0.3 is 0 Å². The van der Waals surface area contributed by atoms with Crippen molar-refractivity contribution in [3.8, 4) is 11.6 Å². The molecule has 0 saturated carbocycles. The summed E-state index contributed by atoms with van der Waals surface area (Å²) in [5, 5.41) is 2.04. The van der Waals surface area contributed by atoms with Crippen LogP contribution in [0.3, 0.4) is 0 Å². The van der Waals surface area contributed by atoms with Gasteiger partial charge in [0.25, 0.3) is 0 Å². The third kappa shape index (κ3) is 3.66. The van der Waals surface area contributed by atoms with E-state index in [2.05, 4.69) is 15.0 Å². The summed E-state index contributed by atoms with van der Waals surface area (Å²) >= 11 is 19.1. The highest BCUT2D eigenvalue weighted by Crippen LogP contribution is 2.34. The van der Waals surface area contributed by atoms with Crippen molar-refractivity contribution in [1.82, 2.24) is 19.5 Å². The third-order valence-electron chi connectivity index (χ3n) is 5.01. The van der Waals surface area contributed by atoms with Gasteiger partial charge in [-0.3, -0.25) is 4.79 Å². The lowest BCUT2D eigenvalue weighted by atomic mass is 10.1. The standard InChI is InChI=1S/C23H13Cl3N4O2/c24-14-6-5-13(16(25)9-14)11-30-18-4-2-1-3-15(18)20(22(30)26)21(31)19-10-28-23(32-19)17-7-8-27-12-29-17/h1-10,12H,11H2. The summed E-state index contributed by atoms with van der Waals surface area (Å²) < 4.78 is 7.53. The Bertz CT molecular complexity index is 1460. The summed E-state index contributed by atoms with van der Waals surface area (Å²) in [7, 11) is 0. The van der Waals surface area contributed by atoms with Gasteiger partial charge in [-0.15, -0.1) is 0 Å². The second kappa shape index (κ2) is 8.39. The number of rotatable bonds is 5. The molecule has 0 amide bonds. The molecule has 5 aromatic rings. The molecule has 0 aliphatic heterocycles. The number of nitrogens with zero attached hydrogens (tertiary/aromatic N) is 4. The normalized spacial score (nSPS) is 11.2. The van der Waals surface area contributed by atoms with Crippen molar-refractivity contribution in [3.63, 3.8) is 0 Å². The van der Waals surface area contributed by atoms with Crippen molar-refractivity contribution in [2.45, 2.75) is 6.54 Å². The van der Waals surface area contributed by atoms with E-state index in [9.17, 15) is 4.79 Å². The summed E-state index contributed by atoms with van der Waals surface area (Å²) in [6.45, 7) is 0.366. The van der Waals surface area contributed by atoms with Crippen LogP contribution in [0.1, 0.15) is 21.7 Å². The SMILES string of the molecule is O=C(c1cnc(-c2ccncn2)o1)c1c(Cl)n(Cc2ccc(Cl)cc2Cl)c2ccccc12. The maximum atomic E-state index is 13.4. The molecule has 0 unspecified atom stereocenters. The fourth-order valence-corrected chi connectivity index (χ4v) is 4.31. The maximum Gasteiger partial charge on any atom is 0.245 e. The first-order valence-electron chi connectivity index (χ1n) is 9.50. The van der Waals surface area contributed by atoms with Crippen molar-refractivity contribution in [2.24, 2.45) is 0 Å². The first-order chi connectivity index (χ1) is 15.5. The first-order valence-corrected chi connectivity index (χ1v) is 10.6. The number of para-hydroxylation sites is 1. The minimum atomic E-state index is -0.375. The molecule has 9 heteroatoms. The monoisotopic (exact) mass is 482 g/mol. The first kappa shape index (κ1) is 20.7. The fraction of sp³-hybridized carbons (Fsp3) is 0.0435. The zero-order valence-corrected chi connectivity index (χ0v) is 18.6. The molecule has 0 N–H and O–H groups in total. The molecule has 32 heavy (non-hydrogen) atoms. The van der Waals surface area contributed by atoms with E-state index in [1.165, 1.54) is 12.5 Å². The highest BCUT2D eigenvalue weighted by Gasteiger charge is 2.26. The second-order valence-corrected chi connectivity index (χ2v) is 8.16. The van der Waals surface area contributed by atoms with Crippen LogP contribution in [0.5, 0.6) is 0 Å². The van der Waals surface area contributed by atoms with Gasteiger partial charge in [-0.05, 0) is 29.8 Å². The lowest BCUT2D eigenvalue weighted by molar-refractivity contribution is 0.101. The largest absolute Gasteiger partial charge is 0.431 e. The van der Waals surface area contributed by atoms with Gasteiger partial charge in [0.05, 0.1) is 23.8 Å². The number of oxazole rings is 1. The molecule has 3 aromatic heterocycles. The molecule has 0 atom stereocenters. The Morgan fingerprint density at radius 3 is 2.66 bits per heavy atom. The van der Waals surface area contributed by atoms with Gasteiger partial charge < -0.3 is 8.98 Å². The minimum Gasteiger partial charge on any atom is -0.431 e. The summed E-state index contributed by atoms with van der Waals surface area (Å²) in [5.41, 5.74) is 2.42. The molecule has 0 bridgehead atoms. The molecule has 158 valence electrons. The van der Waals surface area contributed by atoms with Gasteiger partial charge in [0.15, 0.2) is 5.76 Å². The van der Waals surface area contributed by atoms with E-state index >= 15 is 0 Å². The van der Waals surface area contributed by atoms with Crippen LogP contribution in [0.4, 0.5) is 0 Å². The van der Waals surface area contributed by atoms with E-state index in [1.54, 1.807) is 24.4 Å². The molecule has 2 aromatic carbocycles. The molecule has 0 aliphatic rings. The number of hydrogen-bond donors (Lipinski definition) is 0. The van der Waals surface area contributed by atoms with Gasteiger partial charge in [-0.1, -0.05) is 59.1 Å². The lowest BCUT2D eigenvalue weighted by Gasteiger charge is -2.09. The second-order valence-electron chi connectivity index (χ2n) is 6.96. The summed E-state index contributed by atoms with van der Waals surface area (Å²) in [6, 6.07) is 14.4. The van der Waals surface area contributed by atoms with Crippen molar-refractivity contribution in [3.05, 3.63) is 99.3 Å². The number of carbonyl (C=O) groups excluding carboxylic acids is 1. The van der Waals surface area contributed by atoms with Gasteiger partial charge in [0.1, 0.15) is 17.2 Å². The van der Waals surface area contributed by atoms with Gasteiger partial charge in [0.2, 0.25) is 11.7 Å². The minimum absolute atomic E-state index is 0.0629. The van der Waals surface area contributed by atoms with Crippen LogP contribution in [-0.4, -0.2) is 25.3 Å². The quantitative estimate of drug-likeness (QED) is 0.273. The van der Waals surface area contributed by atoms with E-state index < -0.39 is 0 Å². The van der Waals surface area contributed by atoms with Crippen LogP contribution in [0.15, 0.2) is 71.7 Å². The van der Waals surface area contributed by atoms with E-state index in [0.717, 1.165) is 11.1 Å². The van der Waals surface area contributed by atoms with Gasteiger partial charge in [-0.25, -0.2) is 15.0 Å². The van der Waals surface area contributed by atoms with Crippen LogP contribution in [0, 0.1) is 0 Å². The number of aromatic nitrogens is 4. The molecule has 0 fully saturated rings. The Balaban J connectivity index is 1.58. The Hall–Kier alpha value is -3.19. The highest BCUT2D eigenvalue weighted by molar-refractivity contribution is 6.37. The molecular formula is C23H13Cl3N4O2. The number of hydrogen-bond acceptors (Lipinski definition) is 5. The van der Waals surface area contributed by atoms with Crippen molar-refractivity contribution >= 4 is 51.5 Å². The average molecular weight is 484 g/mol. The average Bonchev–Trinajstić information content (AvgIpc) is 3.40. The molecule has 6 nitrogen and oxygen atoms in total. The predicted molar refractivity (Wildman–Crippen MR) is 123 cm³/mol. The number of ketones is 1. The van der Waals surface area contributed by atoms with Crippen LogP contribution in [-0.2, 0) is 6.54 Å². The predicted octanol–water partition coefficient (Wildman–Crippen LogP) is 6.33. The number of fused-ring (bicyclic) bond motifs is 1. The number of halogens is 3. The van der Waals surface area contributed by atoms with E-state index in [4.69, 9.17) is 39.2 Å². The molecule has 3 heterocycles. The molecule has 5 rings (SSSR count). The smallest absolute Gasteiger partial charge is 0.245 e. The van der Waals surface area contributed by atoms with E-state index in [-0.39, 0.29) is 22.6 Å². The summed E-state index contributed by atoms with van der Waals surface area (Å²) in [5.74, 6) is -0.0866. The van der Waals surface area contributed by atoms with Gasteiger partial charge in [0, 0.05) is 21.6 Å². The summed E-state index contributed by atoms with van der Waals surface area (Å²) in [6.07, 6.45) is 4.33. The lowest BCUT2D eigenvalue weighted by Crippen LogP contribution is -2.03. The van der Waals surface area contributed by atoms with E-state index in [0.29, 0.717) is 33.2 Å². The number of benzene rings is 2. The molecule has 0 radical (unpaired) electrons. The Kier molecular flexibility index (Phi) is 5.43. The van der Waals surface area contributed by atoms with Crippen LogP contribution >= 0.6 is 34.8 Å². The highest BCUT2D eigenvalue weighted by atomic mass is 35.5. The summed E-state index contributed by atoms with van der Waals surface area (Å²) in [4.78, 5) is 25.5.